The van der Waals surface area contributed by atoms with Crippen LogP contribution in [0.2, 0.25) is 0 Å². The highest BCUT2D eigenvalue weighted by atomic mass is 16.3. The average molecular weight is 691 g/mol. The SMILES string of the molecule is CC(C)(C)c1cc(CN[C@H]2CCCC[C@@H]2NCc2cc(-c3cccc4ccccc34)cc(-c3cccc4ccccc34)c2O)c(O)c(C(C)(C)C)c1. The van der Waals surface area contributed by atoms with Crippen molar-refractivity contribution in [3.8, 4) is 33.8 Å². The molecule has 0 unspecified atom stereocenters. The predicted octanol–water partition coefficient (Wildman–Crippen LogP) is 11.5. The van der Waals surface area contributed by atoms with Crippen LogP contribution in [0.25, 0.3) is 43.8 Å². The monoisotopic (exact) mass is 690 g/mol. The van der Waals surface area contributed by atoms with Crippen LogP contribution in [0, 0.1) is 0 Å². The third kappa shape index (κ3) is 7.33. The summed E-state index contributed by atoms with van der Waals surface area (Å²) in [6, 6.07) is 38.9. The molecule has 0 heterocycles. The number of fused-ring (bicyclic) bond motifs is 2. The molecule has 0 amide bonds. The Kier molecular flexibility index (Phi) is 9.91. The van der Waals surface area contributed by atoms with Crippen LogP contribution in [-0.4, -0.2) is 22.3 Å². The largest absolute Gasteiger partial charge is 0.507 e. The van der Waals surface area contributed by atoms with Gasteiger partial charge in [0.1, 0.15) is 11.5 Å². The molecule has 1 aliphatic carbocycles. The number of rotatable bonds is 8. The zero-order chi connectivity index (χ0) is 36.6. The van der Waals surface area contributed by atoms with Crippen LogP contribution < -0.4 is 10.6 Å². The highest BCUT2D eigenvalue weighted by Gasteiger charge is 2.28. The highest BCUT2D eigenvalue weighted by molar-refractivity contribution is 6.01. The lowest BCUT2D eigenvalue weighted by Gasteiger charge is -2.34. The second-order valence-electron chi connectivity index (χ2n) is 16.9. The van der Waals surface area contributed by atoms with E-state index in [2.05, 4.69) is 161 Å². The predicted molar refractivity (Wildman–Crippen MR) is 219 cm³/mol. The van der Waals surface area contributed by atoms with Crippen molar-refractivity contribution in [1.29, 1.82) is 0 Å². The van der Waals surface area contributed by atoms with Gasteiger partial charge in [0.05, 0.1) is 0 Å². The van der Waals surface area contributed by atoms with Crippen LogP contribution in [0.3, 0.4) is 0 Å². The van der Waals surface area contributed by atoms with Gasteiger partial charge in [-0.15, -0.1) is 0 Å². The number of phenols is 2. The number of benzene rings is 6. The van der Waals surface area contributed by atoms with Gasteiger partial charge in [-0.05, 0) is 85.2 Å². The molecule has 4 nitrogen and oxygen atoms in total. The summed E-state index contributed by atoms with van der Waals surface area (Å²) in [7, 11) is 0. The molecule has 0 bridgehead atoms. The van der Waals surface area contributed by atoms with Gasteiger partial charge in [-0.1, -0.05) is 151 Å². The molecule has 6 aromatic carbocycles. The van der Waals surface area contributed by atoms with Gasteiger partial charge in [0.25, 0.3) is 0 Å². The minimum absolute atomic E-state index is 0.0230. The second kappa shape index (κ2) is 14.4. The number of hydrogen-bond donors (Lipinski definition) is 4. The lowest BCUT2D eigenvalue weighted by molar-refractivity contribution is 0.279. The maximum Gasteiger partial charge on any atom is 0.127 e. The van der Waals surface area contributed by atoms with Crippen LogP contribution in [-0.2, 0) is 23.9 Å². The molecule has 0 aliphatic heterocycles. The van der Waals surface area contributed by atoms with E-state index in [-0.39, 0.29) is 22.9 Å². The molecular weight excluding hydrogens is 637 g/mol. The first-order valence-corrected chi connectivity index (χ1v) is 19.0. The Morgan fingerprint density at radius 1 is 0.538 bits per heavy atom. The summed E-state index contributed by atoms with van der Waals surface area (Å²) in [5.74, 6) is 0.733. The summed E-state index contributed by atoms with van der Waals surface area (Å²) >= 11 is 0. The topological polar surface area (TPSA) is 64.5 Å². The number of aromatic hydroxyl groups is 2. The van der Waals surface area contributed by atoms with E-state index in [9.17, 15) is 10.2 Å². The maximum atomic E-state index is 12.1. The third-order valence-corrected chi connectivity index (χ3v) is 11.1. The van der Waals surface area contributed by atoms with E-state index in [1.807, 2.05) is 0 Å². The van der Waals surface area contributed by atoms with E-state index in [0.29, 0.717) is 24.6 Å². The summed E-state index contributed by atoms with van der Waals surface area (Å²) in [4.78, 5) is 0. The lowest BCUT2D eigenvalue weighted by Crippen LogP contribution is -2.49. The quantitative estimate of drug-likeness (QED) is 0.128. The molecule has 52 heavy (non-hydrogen) atoms. The fraction of sp³-hybridized carbons (Fsp3) is 0.333. The van der Waals surface area contributed by atoms with Crippen molar-refractivity contribution in [3.63, 3.8) is 0 Å². The van der Waals surface area contributed by atoms with Gasteiger partial charge in [0, 0.05) is 41.9 Å². The molecule has 1 fully saturated rings. The van der Waals surface area contributed by atoms with Gasteiger partial charge >= 0.3 is 0 Å². The summed E-state index contributed by atoms with van der Waals surface area (Å²) in [6.07, 6.45) is 4.45. The van der Waals surface area contributed by atoms with E-state index in [1.165, 1.54) is 22.8 Å². The van der Waals surface area contributed by atoms with E-state index >= 15 is 0 Å². The van der Waals surface area contributed by atoms with Crippen molar-refractivity contribution in [2.24, 2.45) is 0 Å². The normalized spacial score (nSPS) is 16.8. The molecule has 0 radical (unpaired) electrons. The van der Waals surface area contributed by atoms with Crippen molar-refractivity contribution in [2.75, 3.05) is 0 Å². The number of phenolic OH excluding ortho intramolecular Hbond substituents is 2. The molecule has 6 aromatic rings. The van der Waals surface area contributed by atoms with E-state index in [4.69, 9.17) is 0 Å². The molecular formula is C48H54N2O2. The molecule has 2 atom stereocenters. The first-order valence-electron chi connectivity index (χ1n) is 19.0. The van der Waals surface area contributed by atoms with E-state index in [1.54, 1.807) is 0 Å². The van der Waals surface area contributed by atoms with Gasteiger partial charge in [0.2, 0.25) is 0 Å². The van der Waals surface area contributed by atoms with Gasteiger partial charge < -0.3 is 20.8 Å². The van der Waals surface area contributed by atoms with Crippen LogP contribution in [0.5, 0.6) is 11.5 Å². The van der Waals surface area contributed by atoms with Crippen LogP contribution in [0.15, 0.2) is 109 Å². The summed E-state index contributed by atoms with van der Waals surface area (Å²) < 4.78 is 0. The van der Waals surface area contributed by atoms with Crippen molar-refractivity contribution < 1.29 is 10.2 Å². The smallest absolute Gasteiger partial charge is 0.127 e. The second-order valence-corrected chi connectivity index (χ2v) is 16.9. The van der Waals surface area contributed by atoms with Crippen molar-refractivity contribution in [3.05, 3.63) is 131 Å². The van der Waals surface area contributed by atoms with Crippen LogP contribution in [0.4, 0.5) is 0 Å². The Morgan fingerprint density at radius 2 is 1.06 bits per heavy atom. The minimum atomic E-state index is -0.164. The fourth-order valence-electron chi connectivity index (χ4n) is 8.06. The number of hydrogen-bond acceptors (Lipinski definition) is 4. The number of nitrogens with one attached hydrogen (secondary N) is 2. The van der Waals surface area contributed by atoms with Crippen molar-refractivity contribution in [1.82, 2.24) is 10.6 Å². The fourth-order valence-corrected chi connectivity index (χ4v) is 8.06. The van der Waals surface area contributed by atoms with Gasteiger partial charge in [0.15, 0.2) is 0 Å². The first-order chi connectivity index (χ1) is 24.9. The zero-order valence-corrected chi connectivity index (χ0v) is 31.7. The summed E-state index contributed by atoms with van der Waals surface area (Å²) in [5.41, 5.74) is 8.04. The zero-order valence-electron chi connectivity index (χ0n) is 31.7. The summed E-state index contributed by atoms with van der Waals surface area (Å²) in [5, 5.41) is 36.0. The minimum Gasteiger partial charge on any atom is -0.507 e. The molecule has 0 saturated heterocycles. The Balaban J connectivity index is 1.21. The maximum absolute atomic E-state index is 12.1. The Bertz CT molecular complexity index is 2210. The summed E-state index contributed by atoms with van der Waals surface area (Å²) in [6.45, 7) is 14.4. The van der Waals surface area contributed by atoms with Gasteiger partial charge in [-0.25, -0.2) is 0 Å². The molecule has 0 spiro atoms. The standard InChI is InChI=1S/C48H54N2O2/c1-47(2,3)36-26-35(46(52)42(28-36)48(4,5)6)30-50-44-24-12-11-23-43(44)49-29-34-25-33(39-21-13-17-31-15-7-9-19-37(31)39)27-41(45(34)51)40-22-14-18-32-16-8-10-20-38(32)40/h7-10,13-22,25-28,43-44,49-52H,11-12,23-24,29-30H2,1-6H3/t43-,44-/m0/s1. The molecule has 268 valence electrons. The Morgan fingerprint density at radius 3 is 1.63 bits per heavy atom. The third-order valence-electron chi connectivity index (χ3n) is 11.1. The lowest BCUT2D eigenvalue weighted by atomic mass is 9.79. The van der Waals surface area contributed by atoms with Crippen molar-refractivity contribution >= 4 is 21.5 Å². The molecule has 4 N–H and O–H groups in total. The average Bonchev–Trinajstić information content (AvgIpc) is 3.13. The molecule has 4 heteroatoms. The van der Waals surface area contributed by atoms with Crippen LogP contribution in [0.1, 0.15) is 89.5 Å². The van der Waals surface area contributed by atoms with Gasteiger partial charge in [-0.2, -0.15) is 0 Å². The van der Waals surface area contributed by atoms with Crippen molar-refractivity contribution in [2.45, 2.75) is 103 Å². The van der Waals surface area contributed by atoms with E-state index < -0.39 is 0 Å². The first kappa shape index (κ1) is 35.7. The Labute approximate surface area is 309 Å². The highest BCUT2D eigenvalue weighted by Crippen LogP contribution is 2.42. The van der Waals surface area contributed by atoms with Crippen LogP contribution >= 0.6 is 0 Å². The van der Waals surface area contributed by atoms with E-state index in [0.717, 1.165) is 69.0 Å². The molecule has 1 aliphatic rings. The molecule has 1 saturated carbocycles. The Hall–Kier alpha value is -4.64. The molecule has 7 rings (SSSR count). The van der Waals surface area contributed by atoms with Gasteiger partial charge in [-0.3, -0.25) is 0 Å². The molecule has 0 aromatic heterocycles.